The predicted molar refractivity (Wildman–Crippen MR) is 80.6 cm³/mol. The van der Waals surface area contributed by atoms with Crippen molar-refractivity contribution in [3.8, 4) is 0 Å². The molecule has 1 heterocycles. The molecule has 1 aliphatic heterocycles. The topological polar surface area (TPSA) is 92.3 Å². The van der Waals surface area contributed by atoms with Crippen LogP contribution in [0.5, 0.6) is 0 Å². The zero-order valence-electron chi connectivity index (χ0n) is 11.5. The number of amides is 2. The Morgan fingerprint density at radius 2 is 1.86 bits per heavy atom. The van der Waals surface area contributed by atoms with Gasteiger partial charge in [0.1, 0.15) is 0 Å². The van der Waals surface area contributed by atoms with E-state index >= 15 is 0 Å². The molecule has 1 aliphatic rings. The second kappa shape index (κ2) is 6.48. The van der Waals surface area contributed by atoms with Crippen molar-refractivity contribution in [1.82, 2.24) is 10.9 Å². The molecule has 2 N–H and O–H groups in total. The molecule has 0 saturated carbocycles. The maximum atomic E-state index is 11.8. The molecule has 8 heteroatoms. The van der Waals surface area contributed by atoms with E-state index in [1.165, 1.54) is 0 Å². The molecule has 2 amide bonds. The van der Waals surface area contributed by atoms with Gasteiger partial charge in [0.25, 0.3) is 5.91 Å². The fraction of sp³-hybridized carbons (Fsp3) is 0.385. The molecule has 1 aromatic carbocycles. The number of benzene rings is 1. The molecule has 21 heavy (non-hydrogen) atoms. The molecule has 0 radical (unpaired) electrons. The summed E-state index contributed by atoms with van der Waals surface area (Å²) in [5.41, 5.74) is 5.00. The summed E-state index contributed by atoms with van der Waals surface area (Å²) in [4.78, 5) is 24.6. The van der Waals surface area contributed by atoms with E-state index in [4.69, 9.17) is 0 Å². The van der Waals surface area contributed by atoms with Gasteiger partial charge >= 0.3 is 0 Å². The molecule has 1 aromatic rings. The average molecular weight is 328 g/mol. The second-order valence-corrected chi connectivity index (χ2v) is 7.88. The minimum absolute atomic E-state index is 0.0230. The van der Waals surface area contributed by atoms with E-state index in [1.807, 2.05) is 18.4 Å². The summed E-state index contributed by atoms with van der Waals surface area (Å²) in [5.74, 6) is -1.62. The highest BCUT2D eigenvalue weighted by Gasteiger charge is 2.33. The summed E-state index contributed by atoms with van der Waals surface area (Å²) in [6, 6.07) is 6.94. The van der Waals surface area contributed by atoms with Gasteiger partial charge in [0.15, 0.2) is 9.84 Å². The van der Waals surface area contributed by atoms with Crippen LogP contribution in [-0.2, 0) is 14.6 Å². The number of carbonyl (C=O) groups is 2. The summed E-state index contributed by atoms with van der Waals surface area (Å²) < 4.78 is 22.6. The number of nitrogens with one attached hydrogen (secondary N) is 2. The van der Waals surface area contributed by atoms with Crippen molar-refractivity contribution in [3.63, 3.8) is 0 Å². The van der Waals surface area contributed by atoms with Crippen molar-refractivity contribution >= 4 is 33.4 Å². The number of rotatable bonds is 3. The highest BCUT2D eigenvalue weighted by molar-refractivity contribution is 7.98. The minimum Gasteiger partial charge on any atom is -0.273 e. The number of hydrogen-bond acceptors (Lipinski definition) is 5. The zero-order chi connectivity index (χ0) is 15.5. The Kier molecular flexibility index (Phi) is 4.89. The summed E-state index contributed by atoms with van der Waals surface area (Å²) in [6.45, 7) is 0. The zero-order valence-corrected chi connectivity index (χ0v) is 13.1. The Labute approximate surface area is 127 Å². The van der Waals surface area contributed by atoms with Gasteiger partial charge in [0, 0.05) is 10.5 Å². The van der Waals surface area contributed by atoms with Gasteiger partial charge in [-0.15, -0.1) is 11.8 Å². The standard InChI is InChI=1S/C13H16N2O4S2/c1-20-11-4-2-9(3-5-11)12(16)14-15-13(17)10-6-7-21(18,19)8-10/h2-5,10H,6-8H2,1H3,(H,14,16)(H,15,17)/t10-/m1/s1. The van der Waals surface area contributed by atoms with Crippen LogP contribution in [0.25, 0.3) is 0 Å². The number of carbonyl (C=O) groups excluding carboxylic acids is 2. The first kappa shape index (κ1) is 15.8. The maximum absolute atomic E-state index is 11.8. The van der Waals surface area contributed by atoms with Gasteiger partial charge < -0.3 is 0 Å². The predicted octanol–water partition coefficient (Wildman–Crippen LogP) is 0.604. The van der Waals surface area contributed by atoms with Crippen molar-refractivity contribution < 1.29 is 18.0 Å². The summed E-state index contributed by atoms with van der Waals surface area (Å²) >= 11 is 1.57. The lowest BCUT2D eigenvalue weighted by Gasteiger charge is -2.10. The molecule has 0 aliphatic carbocycles. The summed E-state index contributed by atoms with van der Waals surface area (Å²) in [7, 11) is -3.11. The first-order chi connectivity index (χ1) is 9.91. The Morgan fingerprint density at radius 1 is 1.19 bits per heavy atom. The van der Waals surface area contributed by atoms with Gasteiger partial charge in [-0.3, -0.25) is 20.4 Å². The van der Waals surface area contributed by atoms with Crippen LogP contribution < -0.4 is 10.9 Å². The van der Waals surface area contributed by atoms with Gasteiger partial charge in [-0.1, -0.05) is 0 Å². The lowest BCUT2D eigenvalue weighted by Crippen LogP contribution is -2.44. The van der Waals surface area contributed by atoms with Crippen LogP contribution in [0.3, 0.4) is 0 Å². The fourth-order valence-corrected chi connectivity index (χ4v) is 4.19. The SMILES string of the molecule is CSc1ccc(C(=O)NNC(=O)[C@@H]2CCS(=O)(=O)C2)cc1. The van der Waals surface area contributed by atoms with Crippen LogP contribution >= 0.6 is 11.8 Å². The Balaban J connectivity index is 1.87. The first-order valence-electron chi connectivity index (χ1n) is 6.36. The second-order valence-electron chi connectivity index (χ2n) is 4.77. The van der Waals surface area contributed by atoms with E-state index in [9.17, 15) is 18.0 Å². The van der Waals surface area contributed by atoms with Crippen molar-refractivity contribution in [2.75, 3.05) is 17.8 Å². The molecule has 1 fully saturated rings. The van der Waals surface area contributed by atoms with Gasteiger partial charge in [-0.25, -0.2) is 8.42 Å². The van der Waals surface area contributed by atoms with E-state index in [0.717, 1.165) is 4.90 Å². The first-order valence-corrected chi connectivity index (χ1v) is 9.40. The van der Waals surface area contributed by atoms with Crippen LogP contribution in [0, 0.1) is 5.92 Å². The molecular weight excluding hydrogens is 312 g/mol. The highest BCUT2D eigenvalue weighted by Crippen LogP contribution is 2.18. The third kappa shape index (κ3) is 4.21. The molecular formula is C13H16N2O4S2. The van der Waals surface area contributed by atoms with E-state index in [0.29, 0.717) is 12.0 Å². The third-order valence-electron chi connectivity index (χ3n) is 3.25. The number of thioether (sulfide) groups is 1. The smallest absolute Gasteiger partial charge is 0.269 e. The fourth-order valence-electron chi connectivity index (χ4n) is 2.04. The third-order valence-corrected chi connectivity index (χ3v) is 5.77. The van der Waals surface area contributed by atoms with E-state index in [1.54, 1.807) is 23.9 Å². The summed E-state index contributed by atoms with van der Waals surface area (Å²) in [5, 5.41) is 0. The van der Waals surface area contributed by atoms with Crippen molar-refractivity contribution in [2.45, 2.75) is 11.3 Å². The van der Waals surface area contributed by atoms with Crippen LogP contribution in [0.2, 0.25) is 0 Å². The van der Waals surface area contributed by atoms with Crippen LogP contribution in [0.15, 0.2) is 29.2 Å². The van der Waals surface area contributed by atoms with Crippen LogP contribution in [-0.4, -0.2) is 38.0 Å². The molecule has 6 nitrogen and oxygen atoms in total. The van der Waals surface area contributed by atoms with Crippen molar-refractivity contribution in [2.24, 2.45) is 5.92 Å². The number of hydrogen-bond donors (Lipinski definition) is 2. The van der Waals surface area contributed by atoms with Gasteiger partial charge in [-0.2, -0.15) is 0 Å². The Bertz CT molecular complexity index is 641. The molecule has 0 unspecified atom stereocenters. The van der Waals surface area contributed by atoms with E-state index < -0.39 is 27.6 Å². The number of hydrazine groups is 1. The van der Waals surface area contributed by atoms with Crippen LogP contribution in [0.1, 0.15) is 16.8 Å². The van der Waals surface area contributed by atoms with E-state index in [-0.39, 0.29) is 11.5 Å². The largest absolute Gasteiger partial charge is 0.273 e. The molecule has 2 rings (SSSR count). The van der Waals surface area contributed by atoms with Gasteiger partial charge in [-0.05, 0) is 36.9 Å². The number of sulfone groups is 1. The molecule has 0 bridgehead atoms. The Hall–Kier alpha value is -1.54. The van der Waals surface area contributed by atoms with Crippen molar-refractivity contribution in [1.29, 1.82) is 0 Å². The lowest BCUT2D eigenvalue weighted by atomic mass is 10.1. The van der Waals surface area contributed by atoms with Gasteiger partial charge in [0.2, 0.25) is 5.91 Å². The van der Waals surface area contributed by atoms with E-state index in [2.05, 4.69) is 10.9 Å². The molecule has 0 spiro atoms. The molecule has 1 atom stereocenters. The average Bonchev–Trinajstić information content (AvgIpc) is 2.84. The molecule has 114 valence electrons. The molecule has 0 aromatic heterocycles. The quantitative estimate of drug-likeness (QED) is 0.626. The maximum Gasteiger partial charge on any atom is 0.269 e. The Morgan fingerprint density at radius 3 is 2.38 bits per heavy atom. The monoisotopic (exact) mass is 328 g/mol. The normalized spacial score (nSPS) is 20.0. The molecule has 1 saturated heterocycles. The minimum atomic E-state index is -3.11. The summed E-state index contributed by atoms with van der Waals surface area (Å²) in [6.07, 6.45) is 2.23. The highest BCUT2D eigenvalue weighted by atomic mass is 32.2. The van der Waals surface area contributed by atoms with Crippen LogP contribution in [0.4, 0.5) is 0 Å². The van der Waals surface area contributed by atoms with Gasteiger partial charge in [0.05, 0.1) is 17.4 Å². The lowest BCUT2D eigenvalue weighted by molar-refractivity contribution is -0.125. The van der Waals surface area contributed by atoms with Crippen molar-refractivity contribution in [3.05, 3.63) is 29.8 Å².